The number of carboxylic acids is 1. The Labute approximate surface area is 84.5 Å². The maximum atomic E-state index is 12.9. The van der Waals surface area contributed by atoms with E-state index in [0.29, 0.717) is 0 Å². The van der Waals surface area contributed by atoms with Crippen LogP contribution in [0.4, 0.5) is 4.39 Å². The van der Waals surface area contributed by atoms with Crippen molar-refractivity contribution >= 4 is 11.9 Å². The number of hydrogen-bond acceptors (Lipinski definition) is 2. The first-order chi connectivity index (χ1) is 7.00. The first-order valence-electron chi connectivity index (χ1n) is 3.85. The molecular formula is C10H6FNO3. The van der Waals surface area contributed by atoms with Crippen molar-refractivity contribution in [2.75, 3.05) is 0 Å². The molecule has 0 unspecified atom stereocenters. The molecule has 0 aromatic heterocycles. The fourth-order valence-electron chi connectivity index (χ4n) is 0.901. The topological polar surface area (TPSA) is 80.4 Å². The quantitative estimate of drug-likeness (QED) is 0.652. The van der Waals surface area contributed by atoms with Crippen LogP contribution in [0.1, 0.15) is 15.9 Å². The average Bonchev–Trinajstić information content (AvgIpc) is 2.16. The molecule has 76 valence electrons. The molecule has 4 nitrogen and oxygen atoms in total. The molecule has 0 saturated heterocycles. The molecule has 0 radical (unpaired) electrons. The SMILES string of the molecule is NC(=O)C#Cc1ccc(F)c(C(=O)O)c1. The summed E-state index contributed by atoms with van der Waals surface area (Å²) in [5.74, 6) is 1.25. The summed E-state index contributed by atoms with van der Waals surface area (Å²) < 4.78 is 12.9. The molecule has 1 aromatic rings. The second-order valence-corrected chi connectivity index (χ2v) is 2.61. The molecule has 1 rings (SSSR count). The summed E-state index contributed by atoms with van der Waals surface area (Å²) in [5.41, 5.74) is 4.49. The predicted molar refractivity (Wildman–Crippen MR) is 49.4 cm³/mol. The van der Waals surface area contributed by atoms with Crippen molar-refractivity contribution < 1.29 is 19.1 Å². The van der Waals surface area contributed by atoms with Crippen LogP contribution in [0.5, 0.6) is 0 Å². The number of benzene rings is 1. The van der Waals surface area contributed by atoms with Crippen molar-refractivity contribution in [3.05, 3.63) is 35.1 Å². The third-order valence-electron chi connectivity index (χ3n) is 1.53. The predicted octanol–water partition coefficient (Wildman–Crippen LogP) is 0.361. The van der Waals surface area contributed by atoms with Gasteiger partial charge in [0.15, 0.2) is 0 Å². The van der Waals surface area contributed by atoms with Gasteiger partial charge >= 0.3 is 5.97 Å². The van der Waals surface area contributed by atoms with E-state index >= 15 is 0 Å². The first kappa shape index (κ1) is 10.7. The summed E-state index contributed by atoms with van der Waals surface area (Å²) >= 11 is 0. The second-order valence-electron chi connectivity index (χ2n) is 2.61. The van der Waals surface area contributed by atoms with E-state index in [0.717, 1.165) is 12.1 Å². The molecule has 0 aliphatic rings. The van der Waals surface area contributed by atoms with Gasteiger partial charge in [-0.2, -0.15) is 0 Å². The van der Waals surface area contributed by atoms with Gasteiger partial charge in [0, 0.05) is 5.56 Å². The smallest absolute Gasteiger partial charge is 0.338 e. The van der Waals surface area contributed by atoms with Crippen LogP contribution in [0.25, 0.3) is 0 Å². The normalized spacial score (nSPS) is 8.87. The number of carboxylic acid groups (broad SMARTS) is 1. The molecule has 0 aliphatic carbocycles. The van der Waals surface area contributed by atoms with Crippen LogP contribution < -0.4 is 5.73 Å². The van der Waals surface area contributed by atoms with Gasteiger partial charge in [0.1, 0.15) is 5.82 Å². The highest BCUT2D eigenvalue weighted by molar-refractivity contribution is 5.93. The Morgan fingerprint density at radius 3 is 2.60 bits per heavy atom. The van der Waals surface area contributed by atoms with Crippen LogP contribution in [0.2, 0.25) is 0 Å². The number of carbonyl (C=O) groups excluding carboxylic acids is 1. The van der Waals surface area contributed by atoms with Gasteiger partial charge in [-0.25, -0.2) is 9.18 Å². The zero-order valence-corrected chi connectivity index (χ0v) is 7.45. The number of primary amides is 1. The average molecular weight is 207 g/mol. The Morgan fingerprint density at radius 1 is 1.40 bits per heavy atom. The van der Waals surface area contributed by atoms with Crippen molar-refractivity contribution in [3.8, 4) is 11.8 Å². The molecule has 15 heavy (non-hydrogen) atoms. The van der Waals surface area contributed by atoms with Gasteiger partial charge in [0.25, 0.3) is 5.91 Å². The largest absolute Gasteiger partial charge is 0.478 e. The number of hydrogen-bond donors (Lipinski definition) is 2. The van der Waals surface area contributed by atoms with Gasteiger partial charge in [-0.05, 0) is 24.1 Å². The standard InChI is InChI=1S/C10H6FNO3/c11-8-3-1-6(2-4-9(12)13)5-7(8)10(14)15/h1,3,5H,(H2,12,13)(H,14,15). The van der Waals surface area contributed by atoms with E-state index in [4.69, 9.17) is 10.8 Å². The number of nitrogens with two attached hydrogens (primary N) is 1. The van der Waals surface area contributed by atoms with Crippen molar-refractivity contribution in [2.45, 2.75) is 0 Å². The zero-order chi connectivity index (χ0) is 11.4. The van der Waals surface area contributed by atoms with Gasteiger partial charge in [0.2, 0.25) is 0 Å². The first-order valence-corrected chi connectivity index (χ1v) is 3.85. The van der Waals surface area contributed by atoms with Gasteiger partial charge in [0.05, 0.1) is 5.56 Å². The lowest BCUT2D eigenvalue weighted by molar-refractivity contribution is -0.112. The highest BCUT2D eigenvalue weighted by Crippen LogP contribution is 2.09. The third kappa shape index (κ3) is 2.81. The van der Waals surface area contributed by atoms with E-state index in [9.17, 15) is 14.0 Å². The molecular weight excluding hydrogens is 201 g/mol. The van der Waals surface area contributed by atoms with Gasteiger partial charge in [-0.15, -0.1) is 0 Å². The molecule has 0 saturated carbocycles. The maximum Gasteiger partial charge on any atom is 0.338 e. The molecule has 5 heteroatoms. The molecule has 0 bridgehead atoms. The summed E-state index contributed by atoms with van der Waals surface area (Å²) in [5, 5.41) is 8.59. The molecule has 0 atom stereocenters. The van der Waals surface area contributed by atoms with E-state index in [1.165, 1.54) is 6.07 Å². The van der Waals surface area contributed by atoms with Crippen LogP contribution >= 0.6 is 0 Å². The van der Waals surface area contributed by atoms with Crippen molar-refractivity contribution in [1.29, 1.82) is 0 Å². The monoisotopic (exact) mass is 207 g/mol. The van der Waals surface area contributed by atoms with E-state index in [2.05, 4.69) is 5.92 Å². The number of halogens is 1. The fraction of sp³-hybridized carbons (Fsp3) is 0. The van der Waals surface area contributed by atoms with Crippen molar-refractivity contribution in [3.63, 3.8) is 0 Å². The maximum absolute atomic E-state index is 12.9. The van der Waals surface area contributed by atoms with Crippen LogP contribution in [-0.2, 0) is 4.79 Å². The van der Waals surface area contributed by atoms with E-state index < -0.39 is 23.3 Å². The summed E-state index contributed by atoms with van der Waals surface area (Å²) in [4.78, 5) is 20.8. The van der Waals surface area contributed by atoms with E-state index in [1.807, 2.05) is 5.92 Å². The Morgan fingerprint density at radius 2 is 2.07 bits per heavy atom. The Hall–Kier alpha value is -2.35. The van der Waals surface area contributed by atoms with Gasteiger partial charge in [-0.1, -0.05) is 5.92 Å². The minimum absolute atomic E-state index is 0.215. The molecule has 3 N–H and O–H groups in total. The number of aromatic carboxylic acids is 1. The van der Waals surface area contributed by atoms with Crippen LogP contribution in [0, 0.1) is 17.7 Å². The van der Waals surface area contributed by atoms with Crippen LogP contribution in [0.15, 0.2) is 18.2 Å². The molecule has 0 spiro atoms. The van der Waals surface area contributed by atoms with E-state index in [-0.39, 0.29) is 5.56 Å². The highest BCUT2D eigenvalue weighted by atomic mass is 19.1. The Bertz CT molecular complexity index is 485. The fourth-order valence-corrected chi connectivity index (χ4v) is 0.901. The number of rotatable bonds is 1. The third-order valence-corrected chi connectivity index (χ3v) is 1.53. The van der Waals surface area contributed by atoms with Crippen molar-refractivity contribution in [1.82, 2.24) is 0 Å². The number of carbonyl (C=O) groups is 2. The molecule has 1 aromatic carbocycles. The van der Waals surface area contributed by atoms with Gasteiger partial charge in [-0.3, -0.25) is 4.79 Å². The molecule has 0 aliphatic heterocycles. The highest BCUT2D eigenvalue weighted by Gasteiger charge is 2.09. The van der Waals surface area contributed by atoms with Crippen LogP contribution in [0.3, 0.4) is 0 Å². The lowest BCUT2D eigenvalue weighted by Gasteiger charge is -1.97. The molecule has 0 heterocycles. The summed E-state index contributed by atoms with van der Waals surface area (Å²) in [6, 6.07) is 3.26. The summed E-state index contributed by atoms with van der Waals surface area (Å²) in [7, 11) is 0. The van der Waals surface area contributed by atoms with Gasteiger partial charge < -0.3 is 10.8 Å². The number of amides is 1. The lowest BCUT2D eigenvalue weighted by Crippen LogP contribution is -2.06. The van der Waals surface area contributed by atoms with Crippen molar-refractivity contribution in [2.24, 2.45) is 5.73 Å². The van der Waals surface area contributed by atoms with E-state index in [1.54, 1.807) is 0 Å². The summed E-state index contributed by atoms with van der Waals surface area (Å²) in [6.07, 6.45) is 0. The minimum atomic E-state index is -1.39. The second kappa shape index (κ2) is 4.24. The summed E-state index contributed by atoms with van der Waals surface area (Å²) in [6.45, 7) is 0. The minimum Gasteiger partial charge on any atom is -0.478 e. The Balaban J connectivity index is 3.15. The molecule has 0 fully saturated rings. The van der Waals surface area contributed by atoms with Crippen LogP contribution in [-0.4, -0.2) is 17.0 Å². The lowest BCUT2D eigenvalue weighted by atomic mass is 10.1. The molecule has 1 amide bonds. The Kier molecular flexibility index (Phi) is 3.03. The zero-order valence-electron chi connectivity index (χ0n) is 7.45.